The van der Waals surface area contributed by atoms with E-state index in [0.717, 1.165) is 18.4 Å². The lowest BCUT2D eigenvalue weighted by atomic mass is 10.1. The van der Waals surface area contributed by atoms with E-state index >= 15 is 0 Å². The number of rotatable bonds is 15. The molecule has 3 nitrogen and oxygen atoms in total. The number of hydrogen-bond acceptors (Lipinski definition) is 3. The second-order valence-corrected chi connectivity index (χ2v) is 8.26. The van der Waals surface area contributed by atoms with Crippen LogP contribution < -0.4 is 0 Å². The average molecular weight is 355 g/mol. The van der Waals surface area contributed by atoms with Crippen molar-refractivity contribution in [1.29, 1.82) is 0 Å². The molecule has 0 atom stereocenters. The van der Waals surface area contributed by atoms with Gasteiger partial charge in [0.05, 0.1) is 12.4 Å². The van der Waals surface area contributed by atoms with Crippen LogP contribution in [0.4, 0.5) is 0 Å². The van der Waals surface area contributed by atoms with Gasteiger partial charge in [-0.2, -0.15) is 8.42 Å². The third kappa shape index (κ3) is 11.6. The minimum Gasteiger partial charge on any atom is -0.270 e. The molecule has 0 heterocycles. The lowest BCUT2D eigenvalue weighted by molar-refractivity contribution is 0.321. The second-order valence-electron chi connectivity index (χ2n) is 6.50. The van der Waals surface area contributed by atoms with E-state index in [4.69, 9.17) is 4.18 Å². The number of unbranched alkanes of at least 4 members (excludes halogenated alkanes) is 9. The molecule has 0 aliphatic carbocycles. The summed E-state index contributed by atoms with van der Waals surface area (Å²) in [5.41, 5.74) is 1.10. The highest BCUT2D eigenvalue weighted by atomic mass is 32.2. The summed E-state index contributed by atoms with van der Waals surface area (Å²) in [6.07, 6.45) is 12.6. The van der Waals surface area contributed by atoms with Gasteiger partial charge in [-0.15, -0.1) is 0 Å². The van der Waals surface area contributed by atoms with Crippen molar-refractivity contribution in [2.24, 2.45) is 0 Å². The van der Waals surface area contributed by atoms with E-state index in [1.165, 1.54) is 44.9 Å². The van der Waals surface area contributed by atoms with Gasteiger partial charge in [-0.05, 0) is 18.4 Å². The van der Waals surface area contributed by atoms with E-state index in [1.54, 1.807) is 0 Å². The van der Waals surface area contributed by atoms with Gasteiger partial charge >= 0.3 is 0 Å². The Morgan fingerprint density at radius 3 is 1.92 bits per heavy atom. The van der Waals surface area contributed by atoms with E-state index in [1.807, 2.05) is 30.3 Å². The van der Waals surface area contributed by atoms with Crippen LogP contribution in [0.5, 0.6) is 0 Å². The SMILES string of the molecule is CCCCCCCCCCCCS(=O)(=O)OCCc1ccccc1. The highest BCUT2D eigenvalue weighted by molar-refractivity contribution is 7.86. The van der Waals surface area contributed by atoms with Crippen molar-refractivity contribution >= 4 is 10.1 Å². The second kappa shape index (κ2) is 13.4. The first-order valence-electron chi connectivity index (χ1n) is 9.55. The van der Waals surface area contributed by atoms with Crippen LogP contribution in [0.1, 0.15) is 76.7 Å². The Morgan fingerprint density at radius 2 is 1.33 bits per heavy atom. The van der Waals surface area contributed by atoms with Crippen molar-refractivity contribution in [2.75, 3.05) is 12.4 Å². The summed E-state index contributed by atoms with van der Waals surface area (Å²) >= 11 is 0. The van der Waals surface area contributed by atoms with Gasteiger partial charge in [0.15, 0.2) is 0 Å². The topological polar surface area (TPSA) is 43.4 Å². The molecule has 0 saturated heterocycles. The Bertz CT molecular complexity index is 497. The third-order valence-electron chi connectivity index (χ3n) is 4.24. The molecule has 0 fully saturated rings. The molecule has 0 aliphatic heterocycles. The maximum absolute atomic E-state index is 11.8. The van der Waals surface area contributed by atoms with Crippen molar-refractivity contribution in [3.63, 3.8) is 0 Å². The van der Waals surface area contributed by atoms with Crippen LogP contribution in [-0.4, -0.2) is 20.8 Å². The van der Waals surface area contributed by atoms with Gasteiger partial charge in [-0.3, -0.25) is 4.18 Å². The van der Waals surface area contributed by atoms with E-state index < -0.39 is 10.1 Å². The lowest BCUT2D eigenvalue weighted by Gasteiger charge is -2.06. The van der Waals surface area contributed by atoms with Crippen molar-refractivity contribution < 1.29 is 12.6 Å². The standard InChI is InChI=1S/C20H34O3S/c1-2-3-4-5-6-7-8-9-10-14-19-24(21,22)23-18-17-20-15-12-11-13-16-20/h11-13,15-16H,2-10,14,17-19H2,1H3. The molecule has 24 heavy (non-hydrogen) atoms. The predicted molar refractivity (Wildman–Crippen MR) is 102 cm³/mol. The zero-order chi connectivity index (χ0) is 17.5. The maximum atomic E-state index is 11.8. The molecule has 0 unspecified atom stereocenters. The maximum Gasteiger partial charge on any atom is 0.267 e. The average Bonchev–Trinajstić information content (AvgIpc) is 2.57. The molecular weight excluding hydrogens is 320 g/mol. The summed E-state index contributed by atoms with van der Waals surface area (Å²) < 4.78 is 28.8. The summed E-state index contributed by atoms with van der Waals surface area (Å²) in [7, 11) is -3.36. The van der Waals surface area contributed by atoms with Crippen LogP contribution in [0.25, 0.3) is 0 Å². The van der Waals surface area contributed by atoms with Gasteiger partial charge in [0, 0.05) is 0 Å². The molecule has 0 amide bonds. The molecule has 0 N–H and O–H groups in total. The fourth-order valence-corrected chi connectivity index (χ4v) is 3.77. The molecule has 0 radical (unpaired) electrons. The van der Waals surface area contributed by atoms with E-state index in [0.29, 0.717) is 12.8 Å². The van der Waals surface area contributed by atoms with Crippen LogP contribution in [0.3, 0.4) is 0 Å². The first kappa shape index (κ1) is 21.2. The Morgan fingerprint density at radius 1 is 0.792 bits per heavy atom. The highest BCUT2D eigenvalue weighted by Crippen LogP contribution is 2.11. The molecular formula is C20H34O3S. The Labute approximate surface area is 148 Å². The molecule has 138 valence electrons. The van der Waals surface area contributed by atoms with Crippen molar-refractivity contribution in [3.05, 3.63) is 35.9 Å². The molecule has 4 heteroatoms. The van der Waals surface area contributed by atoms with Crippen LogP contribution in [0.15, 0.2) is 30.3 Å². The van der Waals surface area contributed by atoms with E-state index in [2.05, 4.69) is 6.92 Å². The molecule has 1 aromatic rings. The van der Waals surface area contributed by atoms with Crippen molar-refractivity contribution in [2.45, 2.75) is 77.6 Å². The smallest absolute Gasteiger partial charge is 0.267 e. The van der Waals surface area contributed by atoms with Crippen LogP contribution in [0, 0.1) is 0 Å². The number of hydrogen-bond donors (Lipinski definition) is 0. The summed E-state index contributed by atoms with van der Waals surface area (Å²) in [5.74, 6) is 0.151. The summed E-state index contributed by atoms with van der Waals surface area (Å²) in [6.45, 7) is 2.48. The quantitative estimate of drug-likeness (QED) is 0.309. The minimum atomic E-state index is -3.36. The van der Waals surface area contributed by atoms with Crippen LogP contribution in [0.2, 0.25) is 0 Å². The molecule has 0 bridgehead atoms. The van der Waals surface area contributed by atoms with E-state index in [9.17, 15) is 8.42 Å². The first-order valence-corrected chi connectivity index (χ1v) is 11.1. The normalized spacial score (nSPS) is 11.7. The lowest BCUT2D eigenvalue weighted by Crippen LogP contribution is -2.12. The third-order valence-corrected chi connectivity index (χ3v) is 5.56. The highest BCUT2D eigenvalue weighted by Gasteiger charge is 2.10. The summed E-state index contributed by atoms with van der Waals surface area (Å²) in [5, 5.41) is 0. The van der Waals surface area contributed by atoms with Gasteiger partial charge in [-0.25, -0.2) is 0 Å². The van der Waals surface area contributed by atoms with Gasteiger partial charge in [0.2, 0.25) is 0 Å². The van der Waals surface area contributed by atoms with Gasteiger partial charge in [-0.1, -0.05) is 95.0 Å². The van der Waals surface area contributed by atoms with Gasteiger partial charge < -0.3 is 0 Å². The monoisotopic (exact) mass is 354 g/mol. The fraction of sp³-hybridized carbons (Fsp3) is 0.700. The Balaban J connectivity index is 1.97. The Kier molecular flexibility index (Phi) is 11.8. The largest absolute Gasteiger partial charge is 0.270 e. The molecule has 0 saturated carbocycles. The molecule has 0 aliphatic rings. The van der Waals surface area contributed by atoms with Gasteiger partial charge in [0.1, 0.15) is 0 Å². The predicted octanol–water partition coefficient (Wildman–Crippen LogP) is 5.50. The van der Waals surface area contributed by atoms with E-state index in [-0.39, 0.29) is 12.4 Å². The van der Waals surface area contributed by atoms with Crippen LogP contribution in [-0.2, 0) is 20.7 Å². The first-order chi connectivity index (χ1) is 11.6. The molecule has 1 aromatic carbocycles. The summed E-state index contributed by atoms with van der Waals surface area (Å²) in [6, 6.07) is 9.82. The molecule has 0 aromatic heterocycles. The molecule has 0 spiro atoms. The van der Waals surface area contributed by atoms with Gasteiger partial charge in [0.25, 0.3) is 10.1 Å². The number of benzene rings is 1. The fourth-order valence-electron chi connectivity index (χ4n) is 2.76. The molecule has 1 rings (SSSR count). The zero-order valence-electron chi connectivity index (χ0n) is 15.2. The van der Waals surface area contributed by atoms with Crippen molar-refractivity contribution in [1.82, 2.24) is 0 Å². The van der Waals surface area contributed by atoms with Crippen LogP contribution >= 0.6 is 0 Å². The van der Waals surface area contributed by atoms with Crippen molar-refractivity contribution in [3.8, 4) is 0 Å². The Hall–Kier alpha value is -0.870. The summed E-state index contributed by atoms with van der Waals surface area (Å²) in [4.78, 5) is 0. The zero-order valence-corrected chi connectivity index (χ0v) is 16.0. The minimum absolute atomic E-state index is 0.151.